The van der Waals surface area contributed by atoms with Crippen molar-refractivity contribution in [3.05, 3.63) is 59.7 Å². The summed E-state index contributed by atoms with van der Waals surface area (Å²) in [4.78, 5) is 24.0. The first-order valence-corrected chi connectivity index (χ1v) is 10.1. The monoisotopic (exact) mass is 447 g/mol. The molecule has 0 heterocycles. The summed E-state index contributed by atoms with van der Waals surface area (Å²) in [5.74, 6) is -0.960. The maximum Gasteiger partial charge on any atom is 0.262 e. The Morgan fingerprint density at radius 3 is 1.94 bits per heavy atom. The zero-order valence-electron chi connectivity index (χ0n) is 16.6. The van der Waals surface area contributed by atoms with E-state index in [9.17, 15) is 27.7 Å². The summed E-state index contributed by atoms with van der Waals surface area (Å²) in [5, 5.41) is 9.56. The molecule has 0 amide bonds. The SMILES string of the molecule is COc1cc(C=CC(=O)CC(=O)C=Cc2ccc(OS(=O)(=O)[O-])c(OC)c2)ccc1O. The molecule has 10 heteroatoms. The molecule has 0 radical (unpaired) electrons. The van der Waals surface area contributed by atoms with Gasteiger partial charge in [0.15, 0.2) is 34.6 Å². The third kappa shape index (κ3) is 7.61. The molecule has 0 unspecified atom stereocenters. The predicted octanol–water partition coefficient (Wildman–Crippen LogP) is 2.50. The van der Waals surface area contributed by atoms with Crippen LogP contribution in [0.25, 0.3) is 12.2 Å². The van der Waals surface area contributed by atoms with Gasteiger partial charge in [-0.2, -0.15) is 0 Å². The number of ether oxygens (including phenoxy) is 2. The lowest BCUT2D eigenvalue weighted by molar-refractivity contribution is -0.121. The van der Waals surface area contributed by atoms with Crippen LogP contribution in [0.1, 0.15) is 17.5 Å². The van der Waals surface area contributed by atoms with E-state index >= 15 is 0 Å². The third-order valence-electron chi connectivity index (χ3n) is 3.86. The molecule has 1 N–H and O–H groups in total. The van der Waals surface area contributed by atoms with Gasteiger partial charge in [-0.25, -0.2) is 8.42 Å². The molecule has 0 aromatic heterocycles. The van der Waals surface area contributed by atoms with Crippen LogP contribution in [0.3, 0.4) is 0 Å². The van der Waals surface area contributed by atoms with Gasteiger partial charge < -0.3 is 23.3 Å². The second-order valence-electron chi connectivity index (χ2n) is 6.11. The van der Waals surface area contributed by atoms with Crippen molar-refractivity contribution in [2.75, 3.05) is 14.2 Å². The number of ketones is 2. The molecule has 31 heavy (non-hydrogen) atoms. The van der Waals surface area contributed by atoms with Gasteiger partial charge in [-0.1, -0.05) is 24.3 Å². The predicted molar refractivity (Wildman–Crippen MR) is 111 cm³/mol. The molecule has 164 valence electrons. The highest BCUT2D eigenvalue weighted by Crippen LogP contribution is 2.29. The zero-order valence-corrected chi connectivity index (χ0v) is 17.4. The topological polar surface area (TPSA) is 139 Å². The van der Waals surface area contributed by atoms with E-state index in [1.807, 2.05) is 0 Å². The van der Waals surface area contributed by atoms with E-state index < -0.39 is 22.0 Å². The van der Waals surface area contributed by atoms with E-state index in [1.165, 1.54) is 62.8 Å². The fourth-order valence-corrected chi connectivity index (χ4v) is 2.79. The number of carbonyl (C=O) groups excluding carboxylic acids is 2. The molecular weight excluding hydrogens is 428 g/mol. The summed E-state index contributed by atoms with van der Waals surface area (Å²) in [5.41, 5.74) is 1.07. The Kier molecular flexibility index (Phi) is 7.94. The second-order valence-corrected chi connectivity index (χ2v) is 7.09. The van der Waals surface area contributed by atoms with Crippen LogP contribution < -0.4 is 13.7 Å². The Morgan fingerprint density at radius 1 is 0.903 bits per heavy atom. The molecule has 0 aliphatic carbocycles. The molecule has 9 nitrogen and oxygen atoms in total. The minimum absolute atomic E-state index is 0.0163. The highest BCUT2D eigenvalue weighted by Gasteiger charge is 2.09. The van der Waals surface area contributed by atoms with Crippen molar-refractivity contribution in [1.82, 2.24) is 0 Å². The number of hydrogen-bond acceptors (Lipinski definition) is 9. The van der Waals surface area contributed by atoms with E-state index in [4.69, 9.17) is 9.47 Å². The van der Waals surface area contributed by atoms with Gasteiger partial charge in [0.2, 0.25) is 0 Å². The molecule has 0 saturated carbocycles. The van der Waals surface area contributed by atoms with Crippen molar-refractivity contribution < 1.29 is 41.3 Å². The van der Waals surface area contributed by atoms with E-state index in [0.29, 0.717) is 11.1 Å². The van der Waals surface area contributed by atoms with Crippen LogP contribution >= 0.6 is 0 Å². The molecule has 0 aliphatic rings. The summed E-state index contributed by atoms with van der Waals surface area (Å²) in [6, 6.07) is 8.53. The minimum Gasteiger partial charge on any atom is -0.716 e. The Balaban J connectivity index is 2.01. The number of aromatic hydroxyl groups is 1. The van der Waals surface area contributed by atoms with E-state index in [2.05, 4.69) is 4.18 Å². The molecule has 0 spiro atoms. The number of allylic oxidation sites excluding steroid dienone is 2. The normalized spacial score (nSPS) is 11.6. The minimum atomic E-state index is -4.96. The molecule has 2 aromatic rings. The number of carbonyl (C=O) groups is 2. The van der Waals surface area contributed by atoms with E-state index in [0.717, 1.165) is 0 Å². The molecule has 0 aliphatic heterocycles. The zero-order chi connectivity index (χ0) is 23.0. The summed E-state index contributed by atoms with van der Waals surface area (Å²) in [6.45, 7) is 0. The van der Waals surface area contributed by atoms with Crippen molar-refractivity contribution in [3.63, 3.8) is 0 Å². The molecular formula is C21H19O9S-. The average molecular weight is 447 g/mol. The van der Waals surface area contributed by atoms with Gasteiger partial charge in [0.1, 0.15) is 0 Å². The Bertz CT molecular complexity index is 1130. The van der Waals surface area contributed by atoms with Crippen molar-refractivity contribution in [2.45, 2.75) is 6.42 Å². The summed E-state index contributed by atoms with van der Waals surface area (Å²) < 4.78 is 46.4. The summed E-state index contributed by atoms with van der Waals surface area (Å²) in [7, 11) is -2.30. The number of phenolic OH excluding ortho intramolecular Hbond substituents is 1. The van der Waals surface area contributed by atoms with Gasteiger partial charge in [0, 0.05) is 0 Å². The Hall–Kier alpha value is -3.63. The van der Waals surface area contributed by atoms with Crippen LogP contribution in [0, 0.1) is 0 Å². The highest BCUT2D eigenvalue weighted by atomic mass is 32.3. The fourth-order valence-electron chi connectivity index (χ4n) is 2.43. The smallest absolute Gasteiger partial charge is 0.262 e. The first-order valence-electron chi connectivity index (χ1n) is 8.73. The summed E-state index contributed by atoms with van der Waals surface area (Å²) >= 11 is 0. The van der Waals surface area contributed by atoms with Crippen LogP contribution in [0.4, 0.5) is 0 Å². The average Bonchev–Trinajstić information content (AvgIpc) is 2.71. The molecule has 0 atom stereocenters. The van der Waals surface area contributed by atoms with Crippen LogP contribution in [0.15, 0.2) is 48.6 Å². The fraction of sp³-hybridized carbons (Fsp3) is 0.143. The number of benzene rings is 2. The molecule has 0 saturated heterocycles. The molecule has 0 bridgehead atoms. The lowest BCUT2D eigenvalue weighted by Crippen LogP contribution is -2.08. The third-order valence-corrected chi connectivity index (χ3v) is 4.24. The molecule has 0 fully saturated rings. The first kappa shape index (κ1) is 23.6. The molecule has 2 aromatic carbocycles. The van der Waals surface area contributed by atoms with Gasteiger partial charge in [-0.15, -0.1) is 0 Å². The summed E-state index contributed by atoms with van der Waals surface area (Å²) in [6.07, 6.45) is 4.97. The van der Waals surface area contributed by atoms with Gasteiger partial charge in [0.25, 0.3) is 10.4 Å². The van der Waals surface area contributed by atoms with E-state index in [-0.39, 0.29) is 29.4 Å². The van der Waals surface area contributed by atoms with Gasteiger partial charge in [-0.05, 0) is 47.5 Å². The van der Waals surface area contributed by atoms with Crippen molar-refractivity contribution in [3.8, 4) is 23.0 Å². The largest absolute Gasteiger partial charge is 0.716 e. The van der Waals surface area contributed by atoms with Crippen LogP contribution in [0.5, 0.6) is 23.0 Å². The molecule has 2 rings (SSSR count). The van der Waals surface area contributed by atoms with E-state index in [1.54, 1.807) is 12.1 Å². The lowest BCUT2D eigenvalue weighted by atomic mass is 10.1. The Morgan fingerprint density at radius 2 is 1.42 bits per heavy atom. The standard InChI is InChI=1S/C21H20O9S/c1-28-20-11-14(5-9-18(20)24)3-7-16(22)13-17(23)8-4-15-6-10-19(21(12-15)29-2)30-31(25,26)27/h3-12,24H,13H2,1-2H3,(H,25,26,27)/p-1. The van der Waals surface area contributed by atoms with Crippen molar-refractivity contribution in [1.29, 1.82) is 0 Å². The van der Waals surface area contributed by atoms with Gasteiger partial charge in [0.05, 0.1) is 20.6 Å². The van der Waals surface area contributed by atoms with Crippen molar-refractivity contribution in [2.24, 2.45) is 0 Å². The second kappa shape index (κ2) is 10.4. The number of methoxy groups -OCH3 is 2. The van der Waals surface area contributed by atoms with Crippen LogP contribution in [0.2, 0.25) is 0 Å². The maximum absolute atomic E-state index is 12.0. The lowest BCUT2D eigenvalue weighted by Gasteiger charge is -2.12. The maximum atomic E-state index is 12.0. The van der Waals surface area contributed by atoms with Gasteiger partial charge in [-0.3, -0.25) is 9.59 Å². The number of rotatable bonds is 10. The first-order chi connectivity index (χ1) is 14.6. The van der Waals surface area contributed by atoms with Gasteiger partial charge >= 0.3 is 0 Å². The Labute approximate surface area is 179 Å². The quantitative estimate of drug-likeness (QED) is 0.252. The van der Waals surface area contributed by atoms with Crippen molar-refractivity contribution >= 4 is 34.1 Å². The van der Waals surface area contributed by atoms with Crippen LogP contribution in [-0.2, 0) is 20.0 Å². The number of phenols is 1. The highest BCUT2D eigenvalue weighted by molar-refractivity contribution is 7.81. The number of hydrogen-bond donors (Lipinski definition) is 1. The van der Waals surface area contributed by atoms with Crippen LogP contribution in [-0.4, -0.2) is 43.9 Å².